The maximum atomic E-state index is 10.2. The molecule has 3 rings (SSSR count). The highest BCUT2D eigenvalue weighted by Crippen LogP contribution is 2.36. The second kappa shape index (κ2) is 11.2. The summed E-state index contributed by atoms with van der Waals surface area (Å²) < 4.78 is 16.1. The summed E-state index contributed by atoms with van der Waals surface area (Å²) in [5.74, 6) is -2.24. The van der Waals surface area contributed by atoms with Crippen LogP contribution in [-0.4, -0.2) is 117 Å². The van der Waals surface area contributed by atoms with Crippen molar-refractivity contribution in [2.45, 2.75) is 61.2 Å². The first kappa shape index (κ1) is 25.4. The van der Waals surface area contributed by atoms with Crippen molar-refractivity contribution in [3.8, 4) is 0 Å². The zero-order valence-corrected chi connectivity index (χ0v) is 17.2. The van der Waals surface area contributed by atoms with Gasteiger partial charge in [-0.15, -0.1) is 0 Å². The highest BCUT2D eigenvalue weighted by atomic mass is 17.2. The lowest BCUT2D eigenvalue weighted by atomic mass is 9.99. The molecule has 32 heavy (non-hydrogen) atoms. The lowest BCUT2D eigenvalue weighted by Crippen LogP contribution is -2.62. The Labute approximate surface area is 184 Å². The van der Waals surface area contributed by atoms with Crippen molar-refractivity contribution < 1.29 is 59.7 Å². The molecule has 1 aromatic rings. The van der Waals surface area contributed by atoms with Crippen molar-refractivity contribution in [2.24, 2.45) is 0 Å². The molecule has 0 radical (unpaired) electrons. The zero-order valence-electron chi connectivity index (χ0n) is 17.2. The van der Waals surface area contributed by atoms with Crippen LogP contribution in [0.25, 0.3) is 0 Å². The number of aliphatic hydroxyl groups is 7. The lowest BCUT2D eigenvalue weighted by Gasteiger charge is -2.43. The molecule has 0 saturated carbocycles. The normalized spacial score (nSPS) is 40.0. The van der Waals surface area contributed by atoms with Crippen LogP contribution in [0.15, 0.2) is 30.3 Å². The second-order valence-electron chi connectivity index (χ2n) is 7.72. The number of ether oxygens (including phenoxy) is 3. The molecule has 2 aliphatic heterocycles. The van der Waals surface area contributed by atoms with Gasteiger partial charge in [-0.3, -0.25) is 0 Å². The van der Waals surface area contributed by atoms with Crippen molar-refractivity contribution in [1.82, 2.24) is 0 Å². The van der Waals surface area contributed by atoms with E-state index in [9.17, 15) is 35.7 Å². The third-order valence-corrected chi connectivity index (χ3v) is 5.52. The molecule has 0 aromatic heterocycles. The van der Waals surface area contributed by atoms with Gasteiger partial charge in [0.25, 0.3) is 0 Å². The highest BCUT2D eigenvalue weighted by molar-refractivity contribution is 5.14. The van der Waals surface area contributed by atoms with E-state index in [2.05, 4.69) is 0 Å². The van der Waals surface area contributed by atoms with E-state index in [0.717, 1.165) is 5.56 Å². The lowest BCUT2D eigenvalue weighted by molar-refractivity contribution is -0.395. The monoisotopic (exact) mass is 462 g/mol. The van der Waals surface area contributed by atoms with Crippen LogP contribution in [0.2, 0.25) is 0 Å². The largest absolute Gasteiger partial charge is 0.394 e. The quantitative estimate of drug-likeness (QED) is 0.105. The first-order valence-electron chi connectivity index (χ1n) is 10.2. The molecule has 12 heteroatoms. The Kier molecular flexibility index (Phi) is 8.91. The minimum absolute atomic E-state index is 0.214. The van der Waals surface area contributed by atoms with Crippen LogP contribution in [0.4, 0.5) is 0 Å². The molecule has 1 aromatic carbocycles. The third kappa shape index (κ3) is 5.44. The minimum atomic E-state index is -2.24. The van der Waals surface area contributed by atoms with Crippen LogP contribution < -0.4 is 0 Å². The van der Waals surface area contributed by atoms with E-state index in [1.54, 1.807) is 0 Å². The third-order valence-electron chi connectivity index (χ3n) is 5.52. The van der Waals surface area contributed by atoms with Crippen LogP contribution in [0.1, 0.15) is 5.56 Å². The van der Waals surface area contributed by atoms with Crippen molar-refractivity contribution in [2.75, 3.05) is 26.4 Å². The average molecular weight is 462 g/mol. The molecule has 12 nitrogen and oxygen atoms in total. The van der Waals surface area contributed by atoms with Crippen molar-refractivity contribution in [3.05, 3.63) is 35.9 Å². The first-order valence-corrected chi connectivity index (χ1v) is 10.2. The summed E-state index contributed by atoms with van der Waals surface area (Å²) >= 11 is 0. The topological polar surface area (TPSA) is 188 Å². The fourth-order valence-corrected chi connectivity index (χ4v) is 3.60. The van der Waals surface area contributed by atoms with E-state index >= 15 is 0 Å². The molecule has 2 heterocycles. The van der Waals surface area contributed by atoms with Crippen molar-refractivity contribution in [3.63, 3.8) is 0 Å². The van der Waals surface area contributed by atoms with E-state index < -0.39 is 68.0 Å². The predicted molar refractivity (Wildman–Crippen MR) is 104 cm³/mol. The Morgan fingerprint density at radius 1 is 0.844 bits per heavy atom. The molecule has 0 spiro atoms. The van der Waals surface area contributed by atoms with Gasteiger partial charge >= 0.3 is 0 Å². The van der Waals surface area contributed by atoms with Crippen LogP contribution in [0.3, 0.4) is 0 Å². The summed E-state index contributed by atoms with van der Waals surface area (Å²) in [6.45, 7) is -1.75. The van der Waals surface area contributed by atoms with Gasteiger partial charge in [0.1, 0.15) is 55.9 Å². The Bertz CT molecular complexity index is 692. The van der Waals surface area contributed by atoms with Crippen LogP contribution in [-0.2, 0) is 30.4 Å². The van der Waals surface area contributed by atoms with E-state index in [-0.39, 0.29) is 13.2 Å². The van der Waals surface area contributed by atoms with Gasteiger partial charge in [0, 0.05) is 0 Å². The molecule has 7 N–H and O–H groups in total. The molecule has 182 valence electrons. The summed E-state index contributed by atoms with van der Waals surface area (Å²) in [4.78, 5) is 10.1. The van der Waals surface area contributed by atoms with Gasteiger partial charge in [0.2, 0.25) is 5.79 Å². The van der Waals surface area contributed by atoms with Crippen LogP contribution >= 0.6 is 0 Å². The summed E-state index contributed by atoms with van der Waals surface area (Å²) in [6, 6.07) is 9.52. The minimum Gasteiger partial charge on any atom is -0.394 e. The molecular weight excluding hydrogens is 432 g/mol. The number of hydrogen-bond acceptors (Lipinski definition) is 12. The van der Waals surface area contributed by atoms with Gasteiger partial charge in [-0.25, -0.2) is 9.78 Å². The first-order chi connectivity index (χ1) is 15.3. The van der Waals surface area contributed by atoms with Crippen LogP contribution in [0.5, 0.6) is 0 Å². The van der Waals surface area contributed by atoms with Gasteiger partial charge in [-0.1, -0.05) is 30.3 Å². The van der Waals surface area contributed by atoms with Crippen LogP contribution in [0, 0.1) is 0 Å². The van der Waals surface area contributed by atoms with E-state index in [0.29, 0.717) is 6.42 Å². The molecule has 2 saturated heterocycles. The maximum Gasteiger partial charge on any atom is 0.224 e. The molecular formula is C20H30O12. The summed E-state index contributed by atoms with van der Waals surface area (Å²) in [5.41, 5.74) is 1.03. The standard InChI is InChI=1S/C20H30O12/c21-8-12-15(24)18(27)20(10-22,31-12)32-19-17(26)16(25)14(23)13(30-19)9-29-28-7-6-11-4-2-1-3-5-11/h1-5,12-19,21-27H,6-10H2/t12-,13-,14-,15-,16+,17-,18+,19-,20+/m1/s1. The second-order valence-corrected chi connectivity index (χ2v) is 7.72. The molecule has 0 amide bonds. The van der Waals surface area contributed by atoms with E-state index in [4.69, 9.17) is 24.0 Å². The molecule has 0 unspecified atom stereocenters. The highest BCUT2D eigenvalue weighted by Gasteiger charge is 2.58. The number of rotatable bonds is 10. The van der Waals surface area contributed by atoms with Crippen molar-refractivity contribution in [1.29, 1.82) is 0 Å². The van der Waals surface area contributed by atoms with Gasteiger partial charge < -0.3 is 50.0 Å². The fraction of sp³-hybridized carbons (Fsp3) is 0.700. The van der Waals surface area contributed by atoms with Crippen molar-refractivity contribution >= 4 is 0 Å². The Balaban J connectivity index is 1.56. The molecule has 0 aliphatic carbocycles. The Morgan fingerprint density at radius 3 is 2.19 bits per heavy atom. The fourth-order valence-electron chi connectivity index (χ4n) is 3.60. The molecule has 2 fully saturated rings. The molecule has 0 bridgehead atoms. The van der Waals surface area contributed by atoms with E-state index in [1.807, 2.05) is 30.3 Å². The summed E-state index contributed by atoms with van der Waals surface area (Å²) in [6.07, 6.45) is -12.0. The van der Waals surface area contributed by atoms with Gasteiger partial charge in [-0.2, -0.15) is 0 Å². The zero-order chi connectivity index (χ0) is 23.3. The van der Waals surface area contributed by atoms with Gasteiger partial charge in [-0.05, 0) is 12.0 Å². The maximum absolute atomic E-state index is 10.2. The smallest absolute Gasteiger partial charge is 0.224 e. The SMILES string of the molecule is OC[C@H]1O[C@@](CO)(O[C@H]2O[C@H](COOCCc3ccccc3)[C@@H](O)[C@H](O)[C@H]2O)[C@@H](O)[C@@H]1O. The predicted octanol–water partition coefficient (Wildman–Crippen LogP) is -3.20. The summed E-state index contributed by atoms with van der Waals surface area (Å²) in [7, 11) is 0. The van der Waals surface area contributed by atoms with Gasteiger partial charge in [0.05, 0.1) is 13.2 Å². The molecule has 9 atom stereocenters. The number of benzene rings is 1. The Morgan fingerprint density at radius 2 is 1.56 bits per heavy atom. The average Bonchev–Trinajstić information content (AvgIpc) is 3.05. The number of hydrogen-bond donors (Lipinski definition) is 7. The Hall–Kier alpha value is -1.26. The number of aliphatic hydroxyl groups excluding tert-OH is 7. The van der Waals surface area contributed by atoms with Gasteiger partial charge in [0.15, 0.2) is 6.29 Å². The summed E-state index contributed by atoms with van der Waals surface area (Å²) in [5, 5.41) is 69.8. The molecule has 2 aliphatic rings. The van der Waals surface area contributed by atoms with E-state index in [1.165, 1.54) is 0 Å².